The van der Waals surface area contributed by atoms with Crippen molar-refractivity contribution in [3.63, 3.8) is 0 Å². The zero-order valence-corrected chi connectivity index (χ0v) is 12.2. The number of carbonyl (C=O) groups excluding carboxylic acids is 1. The fourth-order valence-electron chi connectivity index (χ4n) is 3.77. The maximum Gasteiger partial charge on any atom is 0.310 e. The summed E-state index contributed by atoms with van der Waals surface area (Å²) in [4.78, 5) is 12.1. The molecule has 0 aromatic carbocycles. The van der Waals surface area contributed by atoms with Crippen LogP contribution in [0.15, 0.2) is 0 Å². The fraction of sp³-hybridized carbons (Fsp3) is 0.933. The fourth-order valence-corrected chi connectivity index (χ4v) is 3.77. The third-order valence-corrected chi connectivity index (χ3v) is 5.38. The maximum absolute atomic E-state index is 12.1. The molecule has 5 unspecified atom stereocenters. The van der Waals surface area contributed by atoms with Gasteiger partial charge in [0.1, 0.15) is 5.60 Å². The van der Waals surface area contributed by atoms with E-state index in [1.165, 1.54) is 0 Å². The Labute approximate surface area is 105 Å². The highest BCUT2D eigenvalue weighted by Gasteiger charge is 2.71. The first kappa shape index (κ1) is 12.9. The van der Waals surface area contributed by atoms with Crippen LogP contribution in [-0.4, -0.2) is 11.6 Å². The van der Waals surface area contributed by atoms with E-state index in [0.717, 1.165) is 11.8 Å². The molecule has 0 aromatic heterocycles. The highest BCUT2D eigenvalue weighted by Crippen LogP contribution is 2.73. The number of hydrogen-bond donors (Lipinski definition) is 0. The van der Waals surface area contributed by atoms with Crippen LogP contribution in [0.25, 0.3) is 0 Å². The molecule has 0 amide bonds. The van der Waals surface area contributed by atoms with E-state index in [4.69, 9.17) is 4.74 Å². The summed E-state index contributed by atoms with van der Waals surface area (Å²) in [5, 5.41) is 0. The molecule has 2 nitrogen and oxygen atoms in total. The zero-order valence-electron chi connectivity index (χ0n) is 12.2. The Hall–Kier alpha value is -0.530. The van der Waals surface area contributed by atoms with Gasteiger partial charge in [0.15, 0.2) is 0 Å². The van der Waals surface area contributed by atoms with Gasteiger partial charge in [-0.2, -0.15) is 0 Å². The van der Waals surface area contributed by atoms with Crippen molar-refractivity contribution in [3.8, 4) is 0 Å². The zero-order chi connectivity index (χ0) is 13.2. The molecule has 17 heavy (non-hydrogen) atoms. The van der Waals surface area contributed by atoms with E-state index in [1.807, 2.05) is 20.8 Å². The van der Waals surface area contributed by atoms with Crippen molar-refractivity contribution in [2.75, 3.05) is 0 Å². The van der Waals surface area contributed by atoms with Crippen molar-refractivity contribution in [2.24, 2.45) is 35.0 Å². The van der Waals surface area contributed by atoms with Crippen molar-refractivity contribution in [2.45, 2.75) is 54.1 Å². The summed E-state index contributed by atoms with van der Waals surface area (Å²) < 4.78 is 5.52. The first-order valence-corrected chi connectivity index (χ1v) is 6.83. The topological polar surface area (TPSA) is 26.3 Å². The lowest BCUT2D eigenvalue weighted by Crippen LogP contribution is -2.26. The Morgan fingerprint density at radius 3 is 1.94 bits per heavy atom. The van der Waals surface area contributed by atoms with Gasteiger partial charge in [0, 0.05) is 0 Å². The van der Waals surface area contributed by atoms with Crippen molar-refractivity contribution in [3.05, 3.63) is 0 Å². The normalized spacial score (nSPS) is 48.8. The minimum atomic E-state index is -0.356. The molecule has 2 rings (SSSR count). The summed E-state index contributed by atoms with van der Waals surface area (Å²) in [5.41, 5.74) is 0.0205. The van der Waals surface area contributed by atoms with Gasteiger partial charge in [-0.1, -0.05) is 27.7 Å². The summed E-state index contributed by atoms with van der Waals surface area (Å²) in [5.74, 6) is 2.71. The van der Waals surface area contributed by atoms with Crippen LogP contribution in [0.2, 0.25) is 0 Å². The Bertz CT molecular complexity index is 331. The van der Waals surface area contributed by atoms with Crippen molar-refractivity contribution in [1.82, 2.24) is 0 Å². The summed E-state index contributed by atoms with van der Waals surface area (Å²) in [6, 6.07) is 0. The standard InChI is InChI=1S/C15H26O2/c1-8-11(13(16)17-14(4,5)6)12(8)15(7)9(2)10(15)3/h8-12H,1-7H3. The average Bonchev–Trinajstić information content (AvgIpc) is 2.96. The summed E-state index contributed by atoms with van der Waals surface area (Å²) >= 11 is 0. The molecule has 98 valence electrons. The Morgan fingerprint density at radius 2 is 1.59 bits per heavy atom. The molecule has 2 fully saturated rings. The number of hydrogen-bond acceptors (Lipinski definition) is 2. The van der Waals surface area contributed by atoms with Gasteiger partial charge in [-0.05, 0) is 49.9 Å². The van der Waals surface area contributed by atoms with E-state index in [-0.39, 0.29) is 17.5 Å². The van der Waals surface area contributed by atoms with E-state index < -0.39 is 0 Å². The molecule has 0 heterocycles. The van der Waals surface area contributed by atoms with E-state index >= 15 is 0 Å². The Morgan fingerprint density at radius 1 is 1.12 bits per heavy atom. The second kappa shape index (κ2) is 3.49. The largest absolute Gasteiger partial charge is 0.460 e. The van der Waals surface area contributed by atoms with Crippen molar-refractivity contribution in [1.29, 1.82) is 0 Å². The number of ether oxygens (including phenoxy) is 1. The first-order chi connectivity index (χ1) is 7.60. The summed E-state index contributed by atoms with van der Waals surface area (Å²) in [6.07, 6.45) is 0. The van der Waals surface area contributed by atoms with Crippen LogP contribution in [0.5, 0.6) is 0 Å². The predicted molar refractivity (Wildman–Crippen MR) is 68.4 cm³/mol. The third-order valence-electron chi connectivity index (χ3n) is 5.38. The second-order valence-electron chi connectivity index (χ2n) is 7.39. The molecule has 5 atom stereocenters. The number of carbonyl (C=O) groups is 1. The van der Waals surface area contributed by atoms with Gasteiger partial charge < -0.3 is 4.74 Å². The first-order valence-electron chi connectivity index (χ1n) is 6.83. The molecule has 2 saturated carbocycles. The van der Waals surface area contributed by atoms with Gasteiger partial charge in [-0.15, -0.1) is 0 Å². The Kier molecular flexibility index (Phi) is 2.65. The van der Waals surface area contributed by atoms with Gasteiger partial charge in [-0.25, -0.2) is 0 Å². The summed E-state index contributed by atoms with van der Waals surface area (Å²) in [6.45, 7) is 15.0. The predicted octanol–water partition coefficient (Wildman–Crippen LogP) is 3.50. The van der Waals surface area contributed by atoms with Crippen LogP contribution in [-0.2, 0) is 9.53 Å². The van der Waals surface area contributed by atoms with E-state index in [2.05, 4.69) is 27.7 Å². The quantitative estimate of drug-likeness (QED) is 0.688. The SMILES string of the molecule is CC1C(C(=O)OC(C)(C)C)C1C1(C)C(C)C1C. The lowest BCUT2D eigenvalue weighted by Gasteiger charge is -2.20. The lowest BCUT2D eigenvalue weighted by molar-refractivity contribution is -0.157. The number of rotatable bonds is 2. The van der Waals surface area contributed by atoms with Crippen LogP contribution in [0.1, 0.15) is 48.5 Å². The number of esters is 1. The summed E-state index contributed by atoms with van der Waals surface area (Å²) in [7, 11) is 0. The second-order valence-corrected chi connectivity index (χ2v) is 7.39. The van der Waals surface area contributed by atoms with Gasteiger partial charge in [0.05, 0.1) is 5.92 Å². The molecule has 0 saturated heterocycles. The molecule has 0 aromatic rings. The molecule has 0 N–H and O–H groups in total. The van der Waals surface area contributed by atoms with Gasteiger partial charge in [0.2, 0.25) is 0 Å². The van der Waals surface area contributed by atoms with Crippen LogP contribution < -0.4 is 0 Å². The average molecular weight is 238 g/mol. The highest BCUT2D eigenvalue weighted by atomic mass is 16.6. The maximum atomic E-state index is 12.1. The molecule has 2 heteroatoms. The van der Waals surface area contributed by atoms with E-state index in [0.29, 0.717) is 17.3 Å². The third kappa shape index (κ3) is 1.90. The lowest BCUT2D eigenvalue weighted by atomic mass is 9.96. The molecule has 0 bridgehead atoms. The van der Waals surface area contributed by atoms with Crippen LogP contribution in [0.3, 0.4) is 0 Å². The molecule has 0 radical (unpaired) electrons. The van der Waals surface area contributed by atoms with Gasteiger partial charge >= 0.3 is 5.97 Å². The minimum absolute atomic E-state index is 0.0162. The smallest absolute Gasteiger partial charge is 0.310 e. The molecule has 0 spiro atoms. The minimum Gasteiger partial charge on any atom is -0.460 e. The molecular formula is C15H26O2. The Balaban J connectivity index is 2.00. The molecular weight excluding hydrogens is 212 g/mol. The molecule has 0 aliphatic heterocycles. The highest BCUT2D eigenvalue weighted by molar-refractivity contribution is 5.77. The van der Waals surface area contributed by atoms with E-state index in [9.17, 15) is 4.79 Å². The monoisotopic (exact) mass is 238 g/mol. The van der Waals surface area contributed by atoms with Crippen LogP contribution >= 0.6 is 0 Å². The van der Waals surface area contributed by atoms with Crippen LogP contribution in [0, 0.1) is 35.0 Å². The van der Waals surface area contributed by atoms with E-state index in [1.54, 1.807) is 0 Å². The molecule has 2 aliphatic rings. The van der Waals surface area contributed by atoms with Gasteiger partial charge in [0.25, 0.3) is 0 Å². The van der Waals surface area contributed by atoms with Crippen molar-refractivity contribution >= 4 is 5.97 Å². The molecule has 2 aliphatic carbocycles. The van der Waals surface area contributed by atoms with Crippen molar-refractivity contribution < 1.29 is 9.53 Å². The van der Waals surface area contributed by atoms with Gasteiger partial charge in [-0.3, -0.25) is 4.79 Å². The van der Waals surface area contributed by atoms with Crippen LogP contribution in [0.4, 0.5) is 0 Å².